The van der Waals surface area contributed by atoms with E-state index in [1.807, 2.05) is 32.0 Å². The van der Waals surface area contributed by atoms with E-state index in [0.717, 1.165) is 45.0 Å². The van der Waals surface area contributed by atoms with E-state index in [1.54, 1.807) is 12.3 Å². The van der Waals surface area contributed by atoms with Crippen molar-refractivity contribution in [3.8, 4) is 11.1 Å². The lowest BCUT2D eigenvalue weighted by molar-refractivity contribution is 0.554. The summed E-state index contributed by atoms with van der Waals surface area (Å²) in [6.45, 7) is 3.98. The van der Waals surface area contributed by atoms with Crippen LogP contribution in [0.15, 0.2) is 62.4 Å². The van der Waals surface area contributed by atoms with Crippen molar-refractivity contribution < 1.29 is 8.83 Å². The first-order valence-electron chi connectivity index (χ1n) is 7.72. The molecule has 4 rings (SSSR count). The van der Waals surface area contributed by atoms with Crippen molar-refractivity contribution in [1.82, 2.24) is 0 Å². The van der Waals surface area contributed by atoms with Crippen LogP contribution >= 0.6 is 0 Å². The van der Waals surface area contributed by atoms with Gasteiger partial charge in [-0.2, -0.15) is 0 Å². The Morgan fingerprint density at radius 1 is 1.00 bits per heavy atom. The lowest BCUT2D eigenvalue weighted by Crippen LogP contribution is -2.01. The highest BCUT2D eigenvalue weighted by Crippen LogP contribution is 2.36. The lowest BCUT2D eigenvalue weighted by atomic mass is 9.98. The molecule has 23 heavy (non-hydrogen) atoms. The molecule has 0 aliphatic heterocycles. The number of hydrogen-bond donors (Lipinski definition) is 0. The number of benzene rings is 2. The van der Waals surface area contributed by atoms with Gasteiger partial charge in [-0.15, -0.1) is 0 Å². The highest BCUT2D eigenvalue weighted by Gasteiger charge is 2.16. The molecule has 0 aliphatic rings. The van der Waals surface area contributed by atoms with Gasteiger partial charge < -0.3 is 8.83 Å². The van der Waals surface area contributed by atoms with Gasteiger partial charge in [-0.25, -0.2) is 4.79 Å². The van der Waals surface area contributed by atoms with E-state index in [-0.39, 0.29) is 5.63 Å². The zero-order valence-corrected chi connectivity index (χ0v) is 13.1. The number of furan rings is 1. The predicted octanol–water partition coefficient (Wildman–Crippen LogP) is 5.08. The molecule has 2 aromatic carbocycles. The fraction of sp³-hybridized carbons (Fsp3) is 0.150. The normalized spacial score (nSPS) is 11.4. The Kier molecular flexibility index (Phi) is 3.08. The van der Waals surface area contributed by atoms with E-state index in [0.29, 0.717) is 5.58 Å². The molecule has 2 aromatic heterocycles. The van der Waals surface area contributed by atoms with E-state index in [1.165, 1.54) is 0 Å². The molecule has 0 saturated heterocycles. The molecule has 3 heteroatoms. The summed E-state index contributed by atoms with van der Waals surface area (Å²) in [5, 5.41) is 2.03. The number of rotatable bonds is 2. The van der Waals surface area contributed by atoms with Crippen molar-refractivity contribution in [3.05, 3.63) is 70.3 Å². The maximum atomic E-state index is 11.8. The minimum absolute atomic E-state index is 0.313. The van der Waals surface area contributed by atoms with E-state index >= 15 is 0 Å². The van der Waals surface area contributed by atoms with Gasteiger partial charge in [-0.3, -0.25) is 0 Å². The van der Waals surface area contributed by atoms with Gasteiger partial charge in [0, 0.05) is 28.0 Å². The molecule has 4 aromatic rings. The largest absolute Gasteiger partial charge is 0.463 e. The van der Waals surface area contributed by atoms with E-state index in [9.17, 15) is 4.79 Å². The van der Waals surface area contributed by atoms with Gasteiger partial charge in [0.25, 0.3) is 0 Å². The fourth-order valence-corrected chi connectivity index (χ4v) is 3.17. The Morgan fingerprint density at radius 3 is 2.52 bits per heavy atom. The van der Waals surface area contributed by atoms with Crippen LogP contribution in [0, 0.1) is 6.92 Å². The third-order valence-corrected chi connectivity index (χ3v) is 4.35. The van der Waals surface area contributed by atoms with Crippen LogP contribution < -0.4 is 5.63 Å². The molecule has 3 nitrogen and oxygen atoms in total. The van der Waals surface area contributed by atoms with Crippen molar-refractivity contribution in [2.75, 3.05) is 0 Å². The molecule has 0 radical (unpaired) electrons. The first-order valence-corrected chi connectivity index (χ1v) is 7.72. The fourth-order valence-electron chi connectivity index (χ4n) is 3.17. The van der Waals surface area contributed by atoms with Crippen molar-refractivity contribution >= 4 is 21.9 Å². The summed E-state index contributed by atoms with van der Waals surface area (Å²) < 4.78 is 11.2. The van der Waals surface area contributed by atoms with Gasteiger partial charge in [0.15, 0.2) is 0 Å². The third kappa shape index (κ3) is 2.08. The van der Waals surface area contributed by atoms with E-state index in [4.69, 9.17) is 8.83 Å². The summed E-state index contributed by atoms with van der Waals surface area (Å²) in [6, 6.07) is 13.8. The molecular formula is C20H16O3. The topological polar surface area (TPSA) is 43.4 Å². The molecule has 0 bridgehead atoms. The number of fused-ring (bicyclic) bond motifs is 2. The van der Waals surface area contributed by atoms with Crippen LogP contribution in [0.1, 0.15) is 18.1 Å². The number of hydrogen-bond acceptors (Lipinski definition) is 3. The molecule has 0 spiro atoms. The summed E-state index contributed by atoms with van der Waals surface area (Å²) in [7, 11) is 0. The Hall–Kier alpha value is -2.81. The monoisotopic (exact) mass is 304 g/mol. The SMILES string of the molecule is CCc1cc(=O)oc2c(C)c3occ(-c4ccccc4)c3cc12. The second kappa shape index (κ2) is 5.13. The smallest absolute Gasteiger partial charge is 0.336 e. The van der Waals surface area contributed by atoms with Crippen LogP contribution in [0.3, 0.4) is 0 Å². The average molecular weight is 304 g/mol. The maximum Gasteiger partial charge on any atom is 0.336 e. The van der Waals surface area contributed by atoms with Gasteiger partial charge in [-0.1, -0.05) is 37.3 Å². The van der Waals surface area contributed by atoms with Crippen molar-refractivity contribution in [2.24, 2.45) is 0 Å². The lowest BCUT2D eigenvalue weighted by Gasteiger charge is -2.07. The highest BCUT2D eigenvalue weighted by molar-refractivity contribution is 6.04. The van der Waals surface area contributed by atoms with Crippen molar-refractivity contribution in [3.63, 3.8) is 0 Å². The molecule has 0 saturated carbocycles. The molecule has 0 atom stereocenters. The third-order valence-electron chi connectivity index (χ3n) is 4.35. The van der Waals surface area contributed by atoms with E-state index < -0.39 is 0 Å². The molecule has 0 N–H and O–H groups in total. The Bertz CT molecular complexity index is 1070. The second-order valence-corrected chi connectivity index (χ2v) is 5.71. The molecule has 0 unspecified atom stereocenters. The zero-order valence-electron chi connectivity index (χ0n) is 13.1. The van der Waals surface area contributed by atoms with Crippen LogP contribution in [0.5, 0.6) is 0 Å². The van der Waals surface area contributed by atoms with Gasteiger partial charge in [0.05, 0.1) is 6.26 Å². The first kappa shape index (κ1) is 13.8. The summed E-state index contributed by atoms with van der Waals surface area (Å²) in [5.74, 6) is 0. The predicted molar refractivity (Wildman–Crippen MR) is 91.8 cm³/mol. The van der Waals surface area contributed by atoms with Crippen molar-refractivity contribution in [1.29, 1.82) is 0 Å². The summed E-state index contributed by atoms with van der Waals surface area (Å²) in [6.07, 6.45) is 2.56. The summed E-state index contributed by atoms with van der Waals surface area (Å²) in [4.78, 5) is 11.8. The summed E-state index contributed by atoms with van der Waals surface area (Å²) in [5.41, 5.74) is 5.11. The Balaban J connectivity index is 2.14. The van der Waals surface area contributed by atoms with Gasteiger partial charge in [0.1, 0.15) is 11.2 Å². The highest BCUT2D eigenvalue weighted by atomic mass is 16.4. The van der Waals surface area contributed by atoms with Crippen LogP contribution in [0.2, 0.25) is 0 Å². The molecular weight excluding hydrogens is 288 g/mol. The Morgan fingerprint density at radius 2 is 1.78 bits per heavy atom. The quantitative estimate of drug-likeness (QED) is 0.485. The van der Waals surface area contributed by atoms with Crippen molar-refractivity contribution in [2.45, 2.75) is 20.3 Å². The van der Waals surface area contributed by atoms with Crippen LogP contribution in [0.25, 0.3) is 33.1 Å². The van der Waals surface area contributed by atoms with Crippen LogP contribution in [-0.4, -0.2) is 0 Å². The molecule has 0 aliphatic carbocycles. The maximum absolute atomic E-state index is 11.8. The first-order chi connectivity index (χ1) is 11.2. The standard InChI is InChI=1S/C20H16O3/c1-3-13-9-18(21)23-20-12(2)19-16(10-15(13)20)17(11-22-19)14-7-5-4-6-8-14/h4-11H,3H2,1-2H3. The molecule has 0 amide bonds. The minimum Gasteiger partial charge on any atom is -0.463 e. The van der Waals surface area contributed by atoms with Gasteiger partial charge in [0.2, 0.25) is 0 Å². The average Bonchev–Trinajstić information content (AvgIpc) is 3.00. The second-order valence-electron chi connectivity index (χ2n) is 5.71. The van der Waals surface area contributed by atoms with Gasteiger partial charge in [-0.05, 0) is 30.5 Å². The van der Waals surface area contributed by atoms with E-state index in [2.05, 4.69) is 18.2 Å². The zero-order chi connectivity index (χ0) is 16.0. The van der Waals surface area contributed by atoms with Gasteiger partial charge >= 0.3 is 5.63 Å². The molecule has 0 fully saturated rings. The number of aryl methyl sites for hydroxylation is 2. The molecule has 2 heterocycles. The summed E-state index contributed by atoms with van der Waals surface area (Å²) >= 11 is 0. The Labute approximate surface area is 133 Å². The minimum atomic E-state index is -0.313. The van der Waals surface area contributed by atoms with Crippen LogP contribution in [-0.2, 0) is 6.42 Å². The van der Waals surface area contributed by atoms with Crippen LogP contribution in [0.4, 0.5) is 0 Å². The molecule has 114 valence electrons.